The Morgan fingerprint density at radius 2 is 2.00 bits per heavy atom. The average Bonchev–Trinajstić information content (AvgIpc) is 2.13. The van der Waals surface area contributed by atoms with Crippen molar-refractivity contribution < 1.29 is 14.3 Å². The average molecular weight is 280 g/mol. The first-order chi connectivity index (χ1) is 7.76. The summed E-state index contributed by atoms with van der Waals surface area (Å²) in [5.74, 6) is -0.0976. The summed E-state index contributed by atoms with van der Waals surface area (Å²) in [6, 6.07) is -0.693. The number of hydrogen-bond acceptors (Lipinski definition) is 5. The zero-order valence-electron chi connectivity index (χ0n) is 10.6. The summed E-state index contributed by atoms with van der Waals surface area (Å²) in [6.45, 7) is 5.27. The highest BCUT2D eigenvalue weighted by atomic mass is 32.2. The number of alkyl carbamates (subject to hydrolysis) is 1. The van der Waals surface area contributed by atoms with Gasteiger partial charge in [0.2, 0.25) is 5.91 Å². The molecule has 0 spiro atoms. The topological polar surface area (TPSA) is 81.4 Å². The Morgan fingerprint density at radius 3 is 2.41 bits per heavy atom. The molecule has 1 atom stereocenters. The van der Waals surface area contributed by atoms with Gasteiger partial charge < -0.3 is 15.8 Å². The van der Waals surface area contributed by atoms with E-state index in [1.807, 2.05) is 6.26 Å². The largest absolute Gasteiger partial charge is 0.444 e. The molecule has 0 aliphatic carbocycles. The number of nitrogens with two attached hydrogens (primary N) is 1. The summed E-state index contributed by atoms with van der Waals surface area (Å²) in [4.78, 5) is 22.6. The molecule has 17 heavy (non-hydrogen) atoms. The molecular weight excluding hydrogens is 260 g/mol. The number of nitrogens with one attached hydrogen (secondary N) is 1. The van der Waals surface area contributed by atoms with E-state index in [0.717, 1.165) is 5.08 Å². The number of rotatable bonds is 6. The quantitative estimate of drug-likeness (QED) is 0.568. The molecule has 2 amide bonds. The summed E-state index contributed by atoms with van der Waals surface area (Å²) >= 11 is 3.19. The third-order valence-electron chi connectivity index (χ3n) is 1.52. The van der Waals surface area contributed by atoms with Crippen molar-refractivity contribution in [3.8, 4) is 0 Å². The van der Waals surface area contributed by atoms with E-state index < -0.39 is 23.6 Å². The molecule has 0 fully saturated rings. The highest BCUT2D eigenvalue weighted by Gasteiger charge is 2.22. The van der Waals surface area contributed by atoms with Crippen LogP contribution in [0.2, 0.25) is 0 Å². The maximum Gasteiger partial charge on any atom is 0.408 e. The highest BCUT2D eigenvalue weighted by molar-refractivity contribution is 8.15. The predicted octanol–water partition coefficient (Wildman–Crippen LogP) is 1.42. The van der Waals surface area contributed by atoms with E-state index in [0.29, 0.717) is 5.75 Å². The Kier molecular flexibility index (Phi) is 7.45. The SMILES string of the molecule is CSCSC[C@H](NC(=O)OC(C)(C)C)C(N)=O. The van der Waals surface area contributed by atoms with Gasteiger partial charge in [-0.2, -0.15) is 11.8 Å². The van der Waals surface area contributed by atoms with Gasteiger partial charge in [0.25, 0.3) is 0 Å². The highest BCUT2D eigenvalue weighted by Crippen LogP contribution is 2.11. The second-order valence-electron chi connectivity index (χ2n) is 4.38. The minimum Gasteiger partial charge on any atom is -0.444 e. The first-order valence-corrected chi connectivity index (χ1v) is 7.66. The van der Waals surface area contributed by atoms with Crippen LogP contribution >= 0.6 is 23.5 Å². The maximum absolute atomic E-state index is 11.5. The van der Waals surface area contributed by atoms with Gasteiger partial charge in [-0.1, -0.05) is 0 Å². The minimum atomic E-state index is -0.693. The van der Waals surface area contributed by atoms with E-state index >= 15 is 0 Å². The van der Waals surface area contributed by atoms with Crippen molar-refractivity contribution in [1.29, 1.82) is 0 Å². The standard InChI is InChI=1S/C10H20N2O3S2/c1-10(2,3)15-9(14)12-7(8(11)13)5-17-6-16-4/h7H,5-6H2,1-4H3,(H2,11,13)(H,12,14)/t7-/m0/s1. The minimum absolute atomic E-state index is 0.454. The second-order valence-corrected chi connectivity index (χ2v) is 6.64. The fourth-order valence-corrected chi connectivity index (χ4v) is 2.43. The van der Waals surface area contributed by atoms with Crippen molar-refractivity contribution in [1.82, 2.24) is 5.32 Å². The van der Waals surface area contributed by atoms with Crippen LogP contribution in [0.4, 0.5) is 4.79 Å². The molecule has 0 radical (unpaired) electrons. The second kappa shape index (κ2) is 7.71. The Hall–Kier alpha value is -0.560. The molecule has 0 bridgehead atoms. The molecule has 0 aromatic heterocycles. The van der Waals surface area contributed by atoms with Gasteiger partial charge in [0, 0.05) is 10.8 Å². The molecule has 0 rings (SSSR count). The van der Waals surface area contributed by atoms with Crippen molar-refractivity contribution in [3.05, 3.63) is 0 Å². The van der Waals surface area contributed by atoms with Gasteiger partial charge in [0.1, 0.15) is 11.6 Å². The number of primary amides is 1. The van der Waals surface area contributed by atoms with Crippen molar-refractivity contribution in [3.63, 3.8) is 0 Å². The van der Waals surface area contributed by atoms with Gasteiger partial charge in [-0.25, -0.2) is 4.79 Å². The molecule has 5 nitrogen and oxygen atoms in total. The van der Waals surface area contributed by atoms with Crippen LogP contribution < -0.4 is 11.1 Å². The monoisotopic (exact) mass is 280 g/mol. The normalized spacial score (nSPS) is 12.9. The van der Waals surface area contributed by atoms with Crippen molar-refractivity contribution >= 4 is 35.5 Å². The molecular formula is C10H20N2O3S2. The van der Waals surface area contributed by atoms with Gasteiger partial charge >= 0.3 is 6.09 Å². The lowest BCUT2D eigenvalue weighted by Crippen LogP contribution is -2.47. The van der Waals surface area contributed by atoms with Crippen LogP contribution in [0.25, 0.3) is 0 Å². The Bertz CT molecular complexity index is 267. The van der Waals surface area contributed by atoms with Crippen LogP contribution in [0, 0.1) is 0 Å². The number of ether oxygens (including phenoxy) is 1. The number of carbonyl (C=O) groups is 2. The zero-order valence-corrected chi connectivity index (χ0v) is 12.2. The van der Waals surface area contributed by atoms with Crippen LogP contribution in [-0.2, 0) is 9.53 Å². The lowest BCUT2D eigenvalue weighted by molar-refractivity contribution is -0.119. The number of amides is 2. The lowest BCUT2D eigenvalue weighted by Gasteiger charge is -2.22. The van der Waals surface area contributed by atoms with Gasteiger partial charge in [0.15, 0.2) is 0 Å². The van der Waals surface area contributed by atoms with Crippen LogP contribution in [0.15, 0.2) is 0 Å². The molecule has 0 aromatic carbocycles. The third kappa shape index (κ3) is 9.17. The summed E-state index contributed by atoms with van der Waals surface area (Å²) in [6.07, 6.45) is 1.35. The summed E-state index contributed by atoms with van der Waals surface area (Å²) < 4.78 is 5.05. The van der Waals surface area contributed by atoms with E-state index in [2.05, 4.69) is 5.32 Å². The van der Waals surface area contributed by atoms with Crippen LogP contribution in [-0.4, -0.2) is 40.7 Å². The maximum atomic E-state index is 11.5. The number of carbonyl (C=O) groups excluding carboxylic acids is 2. The summed E-state index contributed by atoms with van der Waals surface area (Å²) in [5.41, 5.74) is 4.62. The molecule has 7 heteroatoms. The molecule has 0 aliphatic rings. The third-order valence-corrected chi connectivity index (χ3v) is 3.70. The van der Waals surface area contributed by atoms with Crippen LogP contribution in [0.5, 0.6) is 0 Å². The van der Waals surface area contributed by atoms with E-state index in [1.165, 1.54) is 0 Å². The number of thioether (sulfide) groups is 2. The Balaban J connectivity index is 4.16. The van der Waals surface area contributed by atoms with Gasteiger partial charge in [-0.15, -0.1) is 11.8 Å². The molecule has 100 valence electrons. The van der Waals surface area contributed by atoms with Crippen LogP contribution in [0.3, 0.4) is 0 Å². The Morgan fingerprint density at radius 1 is 1.41 bits per heavy atom. The smallest absolute Gasteiger partial charge is 0.408 e. The van der Waals surface area contributed by atoms with E-state index in [1.54, 1.807) is 44.3 Å². The van der Waals surface area contributed by atoms with Crippen LogP contribution in [0.1, 0.15) is 20.8 Å². The molecule has 0 heterocycles. The Labute approximate surface area is 111 Å². The van der Waals surface area contributed by atoms with Gasteiger partial charge in [-0.3, -0.25) is 4.79 Å². The number of hydrogen-bond donors (Lipinski definition) is 2. The van der Waals surface area contributed by atoms with Crippen molar-refractivity contribution in [2.75, 3.05) is 17.1 Å². The van der Waals surface area contributed by atoms with E-state index in [9.17, 15) is 9.59 Å². The molecule has 0 saturated carbocycles. The van der Waals surface area contributed by atoms with Gasteiger partial charge in [-0.05, 0) is 27.0 Å². The molecule has 0 aromatic rings. The van der Waals surface area contributed by atoms with E-state index in [4.69, 9.17) is 10.5 Å². The predicted molar refractivity (Wildman–Crippen MR) is 73.2 cm³/mol. The molecule has 0 aliphatic heterocycles. The van der Waals surface area contributed by atoms with E-state index in [-0.39, 0.29) is 0 Å². The lowest BCUT2D eigenvalue weighted by atomic mass is 10.2. The first-order valence-electron chi connectivity index (χ1n) is 5.12. The fourth-order valence-electron chi connectivity index (χ4n) is 0.894. The molecule has 3 N–H and O–H groups in total. The first kappa shape index (κ1) is 16.4. The van der Waals surface area contributed by atoms with Gasteiger partial charge in [0.05, 0.1) is 0 Å². The molecule has 0 saturated heterocycles. The molecule has 0 unspecified atom stereocenters. The fraction of sp³-hybridized carbons (Fsp3) is 0.800. The van der Waals surface area contributed by atoms with Crippen molar-refractivity contribution in [2.45, 2.75) is 32.4 Å². The summed E-state index contributed by atoms with van der Waals surface area (Å²) in [5, 5.41) is 3.31. The zero-order chi connectivity index (χ0) is 13.5. The van der Waals surface area contributed by atoms with Crippen molar-refractivity contribution in [2.24, 2.45) is 5.73 Å². The summed E-state index contributed by atoms with van der Waals surface area (Å²) in [7, 11) is 0.